The molecule has 4 rings (SSSR count). The van der Waals surface area contributed by atoms with E-state index >= 15 is 0 Å². The summed E-state index contributed by atoms with van der Waals surface area (Å²) in [4.78, 5) is 9.31. The Morgan fingerprint density at radius 1 is 1.10 bits per heavy atom. The topological polar surface area (TPSA) is 58.5 Å². The molecule has 1 aliphatic carbocycles. The fourth-order valence-corrected chi connectivity index (χ4v) is 3.26. The summed E-state index contributed by atoms with van der Waals surface area (Å²) >= 11 is 0. The molecule has 3 aliphatic rings. The zero-order chi connectivity index (χ0) is 21.2. The number of nitrogens with zero attached hydrogens (tertiary/aromatic N) is 2. The predicted octanol–water partition coefficient (Wildman–Crippen LogP) is 5.96. The second-order valence-corrected chi connectivity index (χ2v) is 7.78. The van der Waals surface area contributed by atoms with Crippen LogP contribution in [0.15, 0.2) is 28.9 Å². The third-order valence-electron chi connectivity index (χ3n) is 4.94. The van der Waals surface area contributed by atoms with Crippen molar-refractivity contribution in [2.24, 2.45) is 4.99 Å². The second kappa shape index (κ2) is 11.8. The molecule has 2 fully saturated rings. The number of hydrogen-bond donors (Lipinski definition) is 2. The fourth-order valence-electron chi connectivity index (χ4n) is 3.26. The van der Waals surface area contributed by atoms with Crippen LogP contribution in [0.2, 0.25) is 0 Å². The molecule has 0 bridgehead atoms. The minimum Gasteiger partial charge on any atom is -0.474 e. The molecule has 2 aliphatic heterocycles. The first-order chi connectivity index (χ1) is 14.1. The molecule has 2 unspecified atom stereocenters. The Bertz CT molecular complexity index is 696. The summed E-state index contributed by atoms with van der Waals surface area (Å²) in [6, 6.07) is 4.98. The number of fused-ring (bicyclic) bond motifs is 3. The van der Waals surface area contributed by atoms with Gasteiger partial charge in [-0.1, -0.05) is 60.0 Å². The van der Waals surface area contributed by atoms with Gasteiger partial charge in [-0.15, -0.1) is 0 Å². The van der Waals surface area contributed by atoms with Gasteiger partial charge in [0, 0.05) is 18.5 Å². The first kappa shape index (κ1) is 23.2. The summed E-state index contributed by atoms with van der Waals surface area (Å²) < 4.78 is 5.87. The number of hydrogen-bond acceptors (Lipinski definition) is 5. The molecule has 2 N–H and O–H groups in total. The van der Waals surface area contributed by atoms with Crippen LogP contribution in [0.4, 0.5) is 5.69 Å². The highest BCUT2D eigenvalue weighted by atomic mass is 16.5. The van der Waals surface area contributed by atoms with E-state index in [9.17, 15) is 0 Å². The lowest BCUT2D eigenvalue weighted by molar-refractivity contribution is 0.234. The Kier molecular flexibility index (Phi) is 9.49. The van der Waals surface area contributed by atoms with Crippen molar-refractivity contribution in [3.05, 3.63) is 35.3 Å². The van der Waals surface area contributed by atoms with Crippen molar-refractivity contribution in [2.75, 3.05) is 18.5 Å². The molecule has 1 saturated heterocycles. The molecule has 162 valence electrons. The summed E-state index contributed by atoms with van der Waals surface area (Å²) in [6.45, 7) is 14.1. The van der Waals surface area contributed by atoms with Gasteiger partial charge in [-0.05, 0) is 31.9 Å². The van der Waals surface area contributed by atoms with Gasteiger partial charge in [0.15, 0.2) is 0 Å². The third kappa shape index (κ3) is 6.22. The average Bonchev–Trinajstić information content (AvgIpc) is 3.42. The van der Waals surface area contributed by atoms with E-state index in [1.165, 1.54) is 37.1 Å². The Morgan fingerprint density at radius 2 is 1.83 bits per heavy atom. The standard InChI is InChI=1S/C17H22N4O.C4H10.C3H8/c1-3-5-13-17(18-4-2)22-9-15(20-13)11-6-7-12-16(21-11)10-8-14(10)19-12;1-3-4-2;1-3-2/h5-7,10,14-15,19-20H,3-4,8-9H2,1-2H3;3-4H2,1-2H3;3H2,1-2H3/b13-5+,18-17?;;/t10?,14?,15-;;/m1../s1. The number of ether oxygens (including phenoxy) is 1. The van der Waals surface area contributed by atoms with Gasteiger partial charge < -0.3 is 15.4 Å². The van der Waals surface area contributed by atoms with E-state index in [4.69, 9.17) is 9.72 Å². The van der Waals surface area contributed by atoms with E-state index in [1.54, 1.807) is 0 Å². The molecule has 0 amide bonds. The van der Waals surface area contributed by atoms with E-state index in [0.29, 0.717) is 18.6 Å². The maximum absolute atomic E-state index is 5.87. The van der Waals surface area contributed by atoms with Crippen LogP contribution in [-0.2, 0) is 4.74 Å². The molecule has 0 spiro atoms. The lowest BCUT2D eigenvalue weighted by atomic mass is 10.1. The monoisotopic (exact) mass is 400 g/mol. The van der Waals surface area contributed by atoms with Crippen molar-refractivity contribution in [3.8, 4) is 0 Å². The number of aromatic nitrogens is 1. The van der Waals surface area contributed by atoms with Crippen LogP contribution in [0.3, 0.4) is 0 Å². The molecule has 3 atom stereocenters. The summed E-state index contributed by atoms with van der Waals surface area (Å²) in [5.74, 6) is 1.35. The smallest absolute Gasteiger partial charge is 0.232 e. The van der Waals surface area contributed by atoms with Gasteiger partial charge in [0.1, 0.15) is 12.6 Å². The number of allylic oxidation sites excluding steroid dienone is 1. The molecule has 5 heteroatoms. The minimum absolute atomic E-state index is 0.0942. The number of nitrogens with one attached hydrogen (secondary N) is 2. The van der Waals surface area contributed by atoms with Gasteiger partial charge in [-0.3, -0.25) is 9.98 Å². The lowest BCUT2D eigenvalue weighted by Crippen LogP contribution is -2.37. The van der Waals surface area contributed by atoms with Gasteiger partial charge in [0.05, 0.1) is 22.8 Å². The molecule has 0 aromatic carbocycles. The minimum atomic E-state index is 0.0942. The highest BCUT2D eigenvalue weighted by Crippen LogP contribution is 2.50. The van der Waals surface area contributed by atoms with Crippen LogP contribution in [0.25, 0.3) is 0 Å². The summed E-state index contributed by atoms with van der Waals surface area (Å²) in [7, 11) is 0. The van der Waals surface area contributed by atoms with Crippen LogP contribution < -0.4 is 10.6 Å². The maximum atomic E-state index is 5.87. The molecular weight excluding hydrogens is 360 g/mol. The van der Waals surface area contributed by atoms with Crippen LogP contribution in [-0.4, -0.2) is 30.1 Å². The van der Waals surface area contributed by atoms with Crippen LogP contribution >= 0.6 is 0 Å². The molecule has 3 heterocycles. The van der Waals surface area contributed by atoms with E-state index in [2.05, 4.69) is 68.5 Å². The van der Waals surface area contributed by atoms with Crippen LogP contribution in [0.5, 0.6) is 0 Å². The van der Waals surface area contributed by atoms with Crippen molar-refractivity contribution in [2.45, 2.75) is 91.6 Å². The Hall–Kier alpha value is -2.04. The lowest BCUT2D eigenvalue weighted by Gasteiger charge is -2.28. The predicted molar refractivity (Wildman–Crippen MR) is 124 cm³/mol. The Balaban J connectivity index is 0.000000377. The van der Waals surface area contributed by atoms with E-state index in [-0.39, 0.29) is 6.04 Å². The number of rotatable bonds is 4. The molecule has 5 nitrogen and oxygen atoms in total. The van der Waals surface area contributed by atoms with E-state index in [0.717, 1.165) is 30.3 Å². The molecule has 0 radical (unpaired) electrons. The average molecular weight is 401 g/mol. The van der Waals surface area contributed by atoms with Gasteiger partial charge in [0.2, 0.25) is 5.90 Å². The summed E-state index contributed by atoms with van der Waals surface area (Å²) in [6.07, 6.45) is 8.20. The first-order valence-electron chi connectivity index (χ1n) is 11.5. The summed E-state index contributed by atoms with van der Waals surface area (Å²) in [5.41, 5.74) is 4.49. The zero-order valence-electron chi connectivity index (χ0n) is 19.2. The molecule has 1 aromatic rings. The maximum Gasteiger partial charge on any atom is 0.232 e. The van der Waals surface area contributed by atoms with Gasteiger partial charge in [-0.25, -0.2) is 0 Å². The fraction of sp³-hybridized carbons (Fsp3) is 0.667. The number of unbranched alkanes of at least 4 members (excludes halogenated alkanes) is 1. The second-order valence-electron chi connectivity index (χ2n) is 7.78. The highest BCUT2D eigenvalue weighted by Gasteiger charge is 2.46. The number of morpholine rings is 1. The SMILES string of the molecule is CC/C=C1/N[C@@H](c2ccc3c(n2)C2CC2N3)COC1=NCC.CCC.CCCC. The first-order valence-corrected chi connectivity index (χ1v) is 11.5. The van der Waals surface area contributed by atoms with Crippen molar-refractivity contribution in [1.29, 1.82) is 0 Å². The van der Waals surface area contributed by atoms with Crippen molar-refractivity contribution >= 4 is 11.6 Å². The van der Waals surface area contributed by atoms with Crippen molar-refractivity contribution in [1.82, 2.24) is 10.3 Å². The Morgan fingerprint density at radius 3 is 2.45 bits per heavy atom. The summed E-state index contributed by atoms with van der Waals surface area (Å²) in [5, 5.41) is 7.06. The van der Waals surface area contributed by atoms with Crippen LogP contribution in [0.1, 0.15) is 97.0 Å². The van der Waals surface area contributed by atoms with Gasteiger partial charge >= 0.3 is 0 Å². The van der Waals surface area contributed by atoms with Gasteiger partial charge in [-0.2, -0.15) is 0 Å². The Labute approximate surface area is 177 Å². The zero-order valence-corrected chi connectivity index (χ0v) is 19.2. The van der Waals surface area contributed by atoms with Crippen molar-refractivity contribution in [3.63, 3.8) is 0 Å². The van der Waals surface area contributed by atoms with Gasteiger partial charge in [0.25, 0.3) is 0 Å². The number of aliphatic imine (C=N–C) groups is 1. The van der Waals surface area contributed by atoms with E-state index in [1.807, 2.05) is 6.92 Å². The highest BCUT2D eigenvalue weighted by molar-refractivity contribution is 5.93. The molecule has 29 heavy (non-hydrogen) atoms. The van der Waals surface area contributed by atoms with Crippen LogP contribution in [0, 0.1) is 0 Å². The largest absolute Gasteiger partial charge is 0.474 e. The quantitative estimate of drug-likeness (QED) is 0.655. The normalized spacial score (nSPS) is 25.9. The number of pyridine rings is 1. The third-order valence-corrected chi connectivity index (χ3v) is 4.94. The molecule has 1 saturated carbocycles. The number of anilines is 1. The van der Waals surface area contributed by atoms with E-state index < -0.39 is 0 Å². The van der Waals surface area contributed by atoms with Crippen molar-refractivity contribution < 1.29 is 4.74 Å². The molecule has 1 aromatic heterocycles. The molecular formula is C24H40N4O.